The summed E-state index contributed by atoms with van der Waals surface area (Å²) in [6.07, 6.45) is 7.22. The summed E-state index contributed by atoms with van der Waals surface area (Å²) < 4.78 is 5.35. The Bertz CT molecular complexity index is 169. The van der Waals surface area contributed by atoms with Crippen LogP contribution in [0.15, 0.2) is 0 Å². The van der Waals surface area contributed by atoms with Crippen molar-refractivity contribution in [1.82, 2.24) is 4.90 Å². The molecule has 14 heavy (non-hydrogen) atoms. The molecule has 2 aliphatic rings. The van der Waals surface area contributed by atoms with E-state index in [4.69, 9.17) is 4.74 Å². The van der Waals surface area contributed by atoms with E-state index < -0.39 is 0 Å². The molecule has 0 aromatic heterocycles. The molecule has 0 spiro atoms. The molecular weight excluding hydrogens is 174 g/mol. The third kappa shape index (κ3) is 2.71. The van der Waals surface area contributed by atoms with Crippen LogP contribution in [0.5, 0.6) is 0 Å². The molecule has 1 aliphatic heterocycles. The molecule has 2 heteroatoms. The summed E-state index contributed by atoms with van der Waals surface area (Å²) >= 11 is 0. The number of nitrogens with zero attached hydrogens (tertiary/aromatic N) is 1. The maximum absolute atomic E-state index is 5.35. The minimum Gasteiger partial charge on any atom is -0.379 e. The molecule has 82 valence electrons. The van der Waals surface area contributed by atoms with E-state index in [-0.39, 0.29) is 0 Å². The molecule has 1 saturated carbocycles. The summed E-state index contributed by atoms with van der Waals surface area (Å²) in [5, 5.41) is 0. The third-order valence-electron chi connectivity index (χ3n) is 3.95. The summed E-state index contributed by atoms with van der Waals surface area (Å²) in [7, 11) is 0. The lowest BCUT2D eigenvalue weighted by molar-refractivity contribution is 0.0321. The molecule has 0 bridgehead atoms. The zero-order chi connectivity index (χ0) is 9.86. The number of ether oxygens (including phenoxy) is 1. The Hall–Kier alpha value is -0.0800. The Morgan fingerprint density at radius 1 is 1.14 bits per heavy atom. The topological polar surface area (TPSA) is 12.5 Å². The predicted octanol–water partition coefficient (Wildman–Crippen LogP) is 2.29. The first-order valence-electron chi connectivity index (χ1n) is 6.09. The fourth-order valence-electron chi connectivity index (χ4n) is 2.73. The molecule has 2 nitrogen and oxygen atoms in total. The summed E-state index contributed by atoms with van der Waals surface area (Å²) in [5.74, 6) is 0. The van der Waals surface area contributed by atoms with Gasteiger partial charge in [-0.05, 0) is 31.2 Å². The number of hydrogen-bond donors (Lipinski definition) is 0. The Balaban J connectivity index is 1.70. The first-order chi connectivity index (χ1) is 6.79. The maximum Gasteiger partial charge on any atom is 0.0594 e. The molecule has 0 aromatic rings. The van der Waals surface area contributed by atoms with Crippen LogP contribution in [0.3, 0.4) is 0 Å². The van der Waals surface area contributed by atoms with E-state index in [0.717, 1.165) is 26.3 Å². The van der Waals surface area contributed by atoms with E-state index in [0.29, 0.717) is 5.41 Å². The Morgan fingerprint density at radius 3 is 2.43 bits per heavy atom. The molecule has 2 fully saturated rings. The zero-order valence-electron chi connectivity index (χ0n) is 9.43. The van der Waals surface area contributed by atoms with Crippen molar-refractivity contribution in [2.45, 2.75) is 39.0 Å². The molecule has 0 N–H and O–H groups in total. The average Bonchev–Trinajstić information content (AvgIpc) is 2.65. The van der Waals surface area contributed by atoms with Gasteiger partial charge in [-0.15, -0.1) is 0 Å². The van der Waals surface area contributed by atoms with Gasteiger partial charge in [-0.2, -0.15) is 0 Å². The molecule has 2 rings (SSSR count). The number of hydrogen-bond acceptors (Lipinski definition) is 2. The van der Waals surface area contributed by atoms with Crippen LogP contribution in [0.25, 0.3) is 0 Å². The van der Waals surface area contributed by atoms with Gasteiger partial charge in [-0.25, -0.2) is 0 Å². The standard InChI is InChI=1S/C12H23NO/c1-12(4-2-3-5-12)6-7-13-8-10-14-11-9-13/h2-11H2,1H3. The van der Waals surface area contributed by atoms with Gasteiger partial charge in [0, 0.05) is 13.1 Å². The molecular formula is C12H23NO. The SMILES string of the molecule is CC1(CCN2CCOCC2)CCCC1. The molecule has 1 heterocycles. The Morgan fingerprint density at radius 2 is 1.79 bits per heavy atom. The predicted molar refractivity (Wildman–Crippen MR) is 58.5 cm³/mol. The van der Waals surface area contributed by atoms with Gasteiger partial charge in [0.1, 0.15) is 0 Å². The van der Waals surface area contributed by atoms with E-state index in [1.807, 2.05) is 0 Å². The second kappa shape index (κ2) is 4.63. The van der Waals surface area contributed by atoms with Crippen molar-refractivity contribution in [2.75, 3.05) is 32.8 Å². The molecule has 0 radical (unpaired) electrons. The van der Waals surface area contributed by atoms with E-state index in [2.05, 4.69) is 11.8 Å². The molecule has 0 unspecified atom stereocenters. The fourth-order valence-corrected chi connectivity index (χ4v) is 2.73. The van der Waals surface area contributed by atoms with Crippen LogP contribution in [0, 0.1) is 5.41 Å². The lowest BCUT2D eigenvalue weighted by Gasteiger charge is -2.31. The van der Waals surface area contributed by atoms with Crippen molar-refractivity contribution in [3.8, 4) is 0 Å². The molecule has 0 amide bonds. The summed E-state index contributed by atoms with van der Waals surface area (Å²) in [4.78, 5) is 2.56. The van der Waals surface area contributed by atoms with Crippen LogP contribution in [-0.2, 0) is 4.74 Å². The largest absolute Gasteiger partial charge is 0.379 e. The fraction of sp³-hybridized carbons (Fsp3) is 1.00. The van der Waals surface area contributed by atoms with Crippen molar-refractivity contribution in [2.24, 2.45) is 5.41 Å². The van der Waals surface area contributed by atoms with Gasteiger partial charge < -0.3 is 4.74 Å². The smallest absolute Gasteiger partial charge is 0.0594 e. The number of rotatable bonds is 3. The van der Waals surface area contributed by atoms with Gasteiger partial charge in [0.2, 0.25) is 0 Å². The van der Waals surface area contributed by atoms with E-state index in [9.17, 15) is 0 Å². The minimum atomic E-state index is 0.665. The summed E-state index contributed by atoms with van der Waals surface area (Å²) in [6, 6.07) is 0. The third-order valence-corrected chi connectivity index (χ3v) is 3.95. The van der Waals surface area contributed by atoms with E-state index in [1.165, 1.54) is 38.6 Å². The zero-order valence-corrected chi connectivity index (χ0v) is 9.43. The first-order valence-corrected chi connectivity index (χ1v) is 6.09. The van der Waals surface area contributed by atoms with Crippen molar-refractivity contribution >= 4 is 0 Å². The van der Waals surface area contributed by atoms with Crippen LogP contribution in [-0.4, -0.2) is 37.7 Å². The van der Waals surface area contributed by atoms with Gasteiger partial charge in [-0.1, -0.05) is 19.8 Å². The number of morpholine rings is 1. The Kier molecular flexibility index (Phi) is 3.45. The molecule has 1 aliphatic carbocycles. The minimum absolute atomic E-state index is 0.665. The van der Waals surface area contributed by atoms with Crippen LogP contribution in [0.2, 0.25) is 0 Å². The summed E-state index contributed by atoms with van der Waals surface area (Å²) in [6.45, 7) is 7.94. The normalized spacial score (nSPS) is 28.1. The highest BCUT2D eigenvalue weighted by atomic mass is 16.5. The molecule has 1 saturated heterocycles. The van der Waals surface area contributed by atoms with Gasteiger partial charge >= 0.3 is 0 Å². The van der Waals surface area contributed by atoms with Gasteiger partial charge in [0.15, 0.2) is 0 Å². The van der Waals surface area contributed by atoms with Gasteiger partial charge in [0.25, 0.3) is 0 Å². The van der Waals surface area contributed by atoms with Crippen molar-refractivity contribution in [1.29, 1.82) is 0 Å². The lowest BCUT2D eigenvalue weighted by Crippen LogP contribution is -2.38. The summed E-state index contributed by atoms with van der Waals surface area (Å²) in [5.41, 5.74) is 0.665. The monoisotopic (exact) mass is 197 g/mol. The van der Waals surface area contributed by atoms with Crippen LogP contribution in [0.4, 0.5) is 0 Å². The molecule has 0 atom stereocenters. The molecule has 0 aromatic carbocycles. The van der Waals surface area contributed by atoms with Crippen molar-refractivity contribution in [3.63, 3.8) is 0 Å². The Labute approximate surface area is 87.6 Å². The van der Waals surface area contributed by atoms with Crippen LogP contribution in [0.1, 0.15) is 39.0 Å². The van der Waals surface area contributed by atoms with Crippen molar-refractivity contribution in [3.05, 3.63) is 0 Å². The van der Waals surface area contributed by atoms with Gasteiger partial charge in [-0.3, -0.25) is 4.90 Å². The van der Waals surface area contributed by atoms with E-state index >= 15 is 0 Å². The first kappa shape index (κ1) is 10.4. The van der Waals surface area contributed by atoms with Crippen molar-refractivity contribution < 1.29 is 4.74 Å². The lowest BCUT2D eigenvalue weighted by atomic mass is 9.85. The van der Waals surface area contributed by atoms with Crippen LogP contribution >= 0.6 is 0 Å². The van der Waals surface area contributed by atoms with Crippen LogP contribution < -0.4 is 0 Å². The average molecular weight is 197 g/mol. The van der Waals surface area contributed by atoms with Gasteiger partial charge in [0.05, 0.1) is 13.2 Å². The second-order valence-corrected chi connectivity index (χ2v) is 5.22. The second-order valence-electron chi connectivity index (χ2n) is 5.22. The maximum atomic E-state index is 5.35. The highest BCUT2D eigenvalue weighted by Gasteiger charge is 2.28. The quantitative estimate of drug-likeness (QED) is 0.688. The highest BCUT2D eigenvalue weighted by Crippen LogP contribution is 2.40. The van der Waals surface area contributed by atoms with E-state index in [1.54, 1.807) is 0 Å². The highest BCUT2D eigenvalue weighted by molar-refractivity contribution is 4.81.